The van der Waals surface area contributed by atoms with Crippen molar-refractivity contribution in [1.82, 2.24) is 10.2 Å². The van der Waals surface area contributed by atoms with Gasteiger partial charge >= 0.3 is 12.2 Å². The molecule has 1 aromatic rings. The number of oxime groups is 1. The zero-order valence-electron chi connectivity index (χ0n) is 32.0. The van der Waals surface area contributed by atoms with Crippen molar-refractivity contribution in [3.63, 3.8) is 0 Å². The summed E-state index contributed by atoms with van der Waals surface area (Å²) in [5.41, 5.74) is 2.25. The molecule has 0 spiro atoms. The number of aliphatic hydroxyl groups is 2. The molecule has 6 unspecified atom stereocenters. The smallest absolute Gasteiger partial charge is 0.412 e. The molecule has 0 radical (unpaired) electrons. The van der Waals surface area contributed by atoms with Gasteiger partial charge in [0.2, 0.25) is 5.79 Å². The number of carbonyl (C=O) groups is 2. The van der Waals surface area contributed by atoms with Crippen LogP contribution in [-0.4, -0.2) is 91.5 Å². The highest BCUT2D eigenvalue weighted by molar-refractivity contribution is 6.03. The van der Waals surface area contributed by atoms with Crippen LogP contribution in [0.1, 0.15) is 97.5 Å². The number of ether oxygens (including phenoxy) is 4. The topological polar surface area (TPSA) is 148 Å². The van der Waals surface area contributed by atoms with E-state index in [0.29, 0.717) is 49.6 Å². The average Bonchev–Trinajstić information content (AvgIpc) is 3.10. The number of carbonyl (C=O) groups excluding carboxylic acids is 2. The van der Waals surface area contributed by atoms with Crippen LogP contribution in [0.5, 0.6) is 11.5 Å². The molecule has 2 amide bonds. The molecule has 4 rings (SSSR count). The SMILES string of the molecule is C=CCOC12Oc3ccc(OC(=O)NCC)cc3C3C(CCCCO)C(CCCCO)C=C(C(=NOC)CC1N(CCC)C(=O)OCC(C)(C)C)C32. The van der Waals surface area contributed by atoms with E-state index in [-0.39, 0.29) is 56.0 Å². The molecule has 1 aromatic carbocycles. The minimum absolute atomic E-state index is 0.0445. The summed E-state index contributed by atoms with van der Waals surface area (Å²) >= 11 is 0. The lowest BCUT2D eigenvalue weighted by Gasteiger charge is -2.59. The number of aliphatic hydroxyl groups excluding tert-OH is 2. The maximum absolute atomic E-state index is 14.2. The van der Waals surface area contributed by atoms with Crippen molar-refractivity contribution in [2.45, 2.75) is 104 Å². The maximum atomic E-state index is 14.2. The highest BCUT2D eigenvalue weighted by Gasteiger charge is 2.65. The summed E-state index contributed by atoms with van der Waals surface area (Å²) in [5.74, 6) is -0.992. The Bertz CT molecular complexity index is 1420. The van der Waals surface area contributed by atoms with E-state index in [1.54, 1.807) is 17.0 Å². The molecule has 12 nitrogen and oxygen atoms in total. The fourth-order valence-corrected chi connectivity index (χ4v) is 8.09. The zero-order valence-corrected chi connectivity index (χ0v) is 32.0. The van der Waals surface area contributed by atoms with E-state index >= 15 is 0 Å². The van der Waals surface area contributed by atoms with Crippen molar-refractivity contribution < 1.29 is 43.6 Å². The summed E-state index contributed by atoms with van der Waals surface area (Å²) in [5, 5.41) is 26.8. The van der Waals surface area contributed by atoms with Gasteiger partial charge in [-0.1, -0.05) is 57.8 Å². The van der Waals surface area contributed by atoms with E-state index in [1.807, 2.05) is 46.8 Å². The number of hydrogen-bond donors (Lipinski definition) is 3. The van der Waals surface area contributed by atoms with Crippen LogP contribution in [0.2, 0.25) is 0 Å². The number of nitrogens with zero attached hydrogens (tertiary/aromatic N) is 2. The molecule has 1 fully saturated rings. The van der Waals surface area contributed by atoms with E-state index in [1.165, 1.54) is 7.11 Å². The van der Waals surface area contributed by atoms with Gasteiger partial charge in [0, 0.05) is 44.2 Å². The van der Waals surface area contributed by atoms with Crippen LogP contribution in [0.15, 0.2) is 47.7 Å². The Morgan fingerprint density at radius 3 is 2.50 bits per heavy atom. The number of rotatable bonds is 18. The third-order valence-electron chi connectivity index (χ3n) is 10.1. The number of unbranched alkanes of at least 4 members (excludes halogenated alkanes) is 2. The fourth-order valence-electron chi connectivity index (χ4n) is 8.09. The predicted molar refractivity (Wildman–Crippen MR) is 199 cm³/mol. The van der Waals surface area contributed by atoms with Gasteiger partial charge < -0.3 is 39.3 Å². The van der Waals surface area contributed by atoms with Crippen molar-refractivity contribution in [1.29, 1.82) is 0 Å². The molecule has 3 N–H and O–H groups in total. The standard InChI is InChI=1S/C40H61N3O9/c1-8-19-43(38(47)49-26-39(4,5)6)34-25-32(42-48-7)30-23-27(15-11-13-20-44)29(16-12-14-21-45)35-31-24-28(51-37(46)41-10-3)17-18-33(31)52-40(34,36(30)35)50-22-9-2/h9,17-18,23-24,27,29,34-36,44-45H,2,8,10-16,19-22,25-26H2,1,3-7H3,(H,41,46). The van der Waals surface area contributed by atoms with Crippen molar-refractivity contribution in [3.8, 4) is 11.5 Å². The van der Waals surface area contributed by atoms with Crippen LogP contribution in [-0.2, 0) is 14.3 Å². The number of amides is 2. The van der Waals surface area contributed by atoms with Crippen molar-refractivity contribution in [3.05, 3.63) is 48.1 Å². The van der Waals surface area contributed by atoms with Crippen LogP contribution in [0, 0.1) is 23.2 Å². The van der Waals surface area contributed by atoms with Gasteiger partial charge in [-0.2, -0.15) is 0 Å². The highest BCUT2D eigenvalue weighted by Crippen LogP contribution is 2.62. The maximum Gasteiger partial charge on any atom is 0.412 e. The first-order chi connectivity index (χ1) is 25.0. The first-order valence-corrected chi connectivity index (χ1v) is 19.0. The monoisotopic (exact) mass is 727 g/mol. The number of allylic oxidation sites excluding steroid dienone is 1. The molecule has 290 valence electrons. The van der Waals surface area contributed by atoms with Crippen LogP contribution in [0.25, 0.3) is 0 Å². The number of nitrogens with one attached hydrogen (secondary N) is 1. The second-order valence-electron chi connectivity index (χ2n) is 15.2. The molecule has 0 bridgehead atoms. The van der Waals surface area contributed by atoms with Crippen LogP contribution < -0.4 is 14.8 Å². The highest BCUT2D eigenvalue weighted by atomic mass is 16.7. The van der Waals surface area contributed by atoms with E-state index in [2.05, 4.69) is 23.1 Å². The van der Waals surface area contributed by atoms with Gasteiger partial charge in [-0.05, 0) is 80.1 Å². The number of fused-ring (bicyclic) bond motifs is 2. The van der Waals surface area contributed by atoms with Crippen LogP contribution >= 0.6 is 0 Å². The van der Waals surface area contributed by atoms with Crippen molar-refractivity contribution in [2.24, 2.45) is 28.3 Å². The first kappa shape index (κ1) is 41.2. The van der Waals surface area contributed by atoms with Gasteiger partial charge in [-0.25, -0.2) is 9.59 Å². The molecule has 2 aliphatic carbocycles. The lowest BCUT2D eigenvalue weighted by atomic mass is 9.55. The van der Waals surface area contributed by atoms with E-state index < -0.39 is 29.9 Å². The lowest BCUT2D eigenvalue weighted by molar-refractivity contribution is -0.255. The quantitative estimate of drug-likeness (QED) is 0.0830. The minimum Gasteiger partial charge on any atom is -0.459 e. The minimum atomic E-state index is -1.38. The van der Waals surface area contributed by atoms with Gasteiger partial charge in [0.15, 0.2) is 0 Å². The molecule has 12 heteroatoms. The Balaban J connectivity index is 2.01. The molecule has 6 atom stereocenters. The van der Waals surface area contributed by atoms with E-state index in [9.17, 15) is 19.8 Å². The molecule has 1 saturated carbocycles. The molecular formula is C40H61N3O9. The Hall–Kier alpha value is -3.61. The van der Waals surface area contributed by atoms with E-state index in [4.69, 9.17) is 23.8 Å². The molecule has 1 aliphatic heterocycles. The molecule has 3 aliphatic rings. The largest absolute Gasteiger partial charge is 0.459 e. The summed E-state index contributed by atoms with van der Waals surface area (Å²) < 4.78 is 25.8. The average molecular weight is 728 g/mol. The number of hydrogen-bond acceptors (Lipinski definition) is 10. The summed E-state index contributed by atoms with van der Waals surface area (Å²) in [4.78, 5) is 34.0. The van der Waals surface area contributed by atoms with Gasteiger partial charge in [0.25, 0.3) is 0 Å². The normalized spacial score (nSPS) is 25.6. The Morgan fingerprint density at radius 1 is 1.13 bits per heavy atom. The number of benzene rings is 1. The summed E-state index contributed by atoms with van der Waals surface area (Å²) in [6.45, 7) is 15.3. The second-order valence-corrected chi connectivity index (χ2v) is 15.2. The second kappa shape index (κ2) is 18.9. The Morgan fingerprint density at radius 2 is 1.87 bits per heavy atom. The Labute approximate surface area is 309 Å². The van der Waals surface area contributed by atoms with Gasteiger partial charge in [-0.15, -0.1) is 6.58 Å². The Kier molecular flexibility index (Phi) is 15.0. The molecular weight excluding hydrogens is 666 g/mol. The molecule has 52 heavy (non-hydrogen) atoms. The van der Waals surface area contributed by atoms with Gasteiger partial charge in [0.05, 0.1) is 24.8 Å². The third kappa shape index (κ3) is 9.48. The lowest BCUT2D eigenvalue weighted by Crippen LogP contribution is -2.70. The van der Waals surface area contributed by atoms with Crippen molar-refractivity contribution in [2.75, 3.05) is 46.6 Å². The third-order valence-corrected chi connectivity index (χ3v) is 10.1. The predicted octanol–water partition coefficient (Wildman–Crippen LogP) is 6.95. The van der Waals surface area contributed by atoms with Crippen LogP contribution in [0.3, 0.4) is 0 Å². The summed E-state index contributed by atoms with van der Waals surface area (Å²) in [6.07, 6.45) is 8.48. The molecule has 1 heterocycles. The van der Waals surface area contributed by atoms with E-state index in [0.717, 1.165) is 36.8 Å². The zero-order chi connectivity index (χ0) is 37.9. The molecule has 0 saturated heterocycles. The van der Waals surface area contributed by atoms with Gasteiger partial charge in [-0.3, -0.25) is 4.90 Å². The first-order valence-electron chi connectivity index (χ1n) is 19.0. The summed E-state index contributed by atoms with van der Waals surface area (Å²) in [7, 11) is 1.52. The van der Waals surface area contributed by atoms with Crippen molar-refractivity contribution >= 4 is 17.9 Å². The summed E-state index contributed by atoms with van der Waals surface area (Å²) in [6, 6.07) is 4.76. The van der Waals surface area contributed by atoms with Gasteiger partial charge in [0.1, 0.15) is 24.7 Å². The van der Waals surface area contributed by atoms with Crippen LogP contribution in [0.4, 0.5) is 9.59 Å². The molecule has 0 aromatic heterocycles. The fraction of sp³-hybridized carbons (Fsp3) is 0.675.